The van der Waals surface area contributed by atoms with E-state index in [0.717, 1.165) is 52.8 Å². The van der Waals surface area contributed by atoms with Crippen molar-refractivity contribution in [3.05, 3.63) is 72.3 Å². The number of carbonyl (C=O) groups is 2. The van der Waals surface area contributed by atoms with E-state index in [-0.39, 0.29) is 24.6 Å². The van der Waals surface area contributed by atoms with Crippen LogP contribution in [0.1, 0.15) is 51.0 Å². The summed E-state index contributed by atoms with van der Waals surface area (Å²) < 4.78 is 6.21. The van der Waals surface area contributed by atoms with E-state index in [0.29, 0.717) is 5.57 Å². The molecule has 0 spiro atoms. The second-order valence-electron chi connectivity index (χ2n) is 8.07. The van der Waals surface area contributed by atoms with Crippen LogP contribution < -0.4 is 0 Å². The van der Waals surface area contributed by atoms with Gasteiger partial charge in [-0.2, -0.15) is 0 Å². The molecule has 0 atom stereocenters. The Labute approximate surface area is 171 Å². The maximum Gasteiger partial charge on any atom is 0.307 e. The maximum absolute atomic E-state index is 12.8. The van der Waals surface area contributed by atoms with Crippen LogP contribution in [0, 0.1) is 0 Å². The molecule has 0 amide bonds. The average molecular weight is 386 g/mol. The van der Waals surface area contributed by atoms with Crippen molar-refractivity contribution in [3.8, 4) is 0 Å². The van der Waals surface area contributed by atoms with Gasteiger partial charge in [0.2, 0.25) is 0 Å². The predicted octanol–water partition coefficient (Wildman–Crippen LogP) is 6.23. The molecule has 3 nitrogen and oxygen atoms in total. The Hall–Kier alpha value is -2.94. The van der Waals surface area contributed by atoms with Crippen molar-refractivity contribution in [1.29, 1.82) is 0 Å². The summed E-state index contributed by atoms with van der Waals surface area (Å²) in [5.74, 6) is -0.392. The summed E-state index contributed by atoms with van der Waals surface area (Å²) in [7, 11) is 0. The number of ether oxygens (including phenoxy) is 1. The number of ketones is 1. The van der Waals surface area contributed by atoms with Gasteiger partial charge in [0.15, 0.2) is 5.78 Å². The van der Waals surface area contributed by atoms with Crippen LogP contribution in [0.3, 0.4) is 0 Å². The monoisotopic (exact) mass is 386 g/mol. The van der Waals surface area contributed by atoms with Crippen LogP contribution in [0.2, 0.25) is 0 Å². The fourth-order valence-corrected chi connectivity index (χ4v) is 4.55. The van der Waals surface area contributed by atoms with E-state index in [2.05, 4.69) is 36.9 Å². The molecule has 1 fully saturated rings. The number of esters is 1. The molecule has 0 saturated heterocycles. The highest BCUT2D eigenvalue weighted by Gasteiger charge is 2.41. The van der Waals surface area contributed by atoms with Gasteiger partial charge in [0, 0.05) is 12.0 Å². The summed E-state index contributed by atoms with van der Waals surface area (Å²) >= 11 is 0. The molecule has 3 heteroatoms. The number of allylic oxidation sites excluding steroid dienone is 1. The van der Waals surface area contributed by atoms with Crippen LogP contribution in [-0.2, 0) is 19.9 Å². The number of Topliss-reactive ketones (excluding diaryl/α,β-unsaturated/α-hetero) is 1. The van der Waals surface area contributed by atoms with Crippen molar-refractivity contribution in [2.45, 2.75) is 51.0 Å². The highest BCUT2D eigenvalue weighted by atomic mass is 16.6. The van der Waals surface area contributed by atoms with Crippen molar-refractivity contribution in [3.63, 3.8) is 0 Å². The molecule has 148 valence electrons. The topological polar surface area (TPSA) is 43.4 Å². The number of rotatable bonds is 6. The molecule has 1 saturated carbocycles. The van der Waals surface area contributed by atoms with Gasteiger partial charge >= 0.3 is 5.97 Å². The van der Waals surface area contributed by atoms with Gasteiger partial charge in [0.1, 0.15) is 5.60 Å². The summed E-state index contributed by atoms with van der Waals surface area (Å²) in [6.45, 7) is 5.34. The van der Waals surface area contributed by atoms with Crippen LogP contribution in [0.5, 0.6) is 0 Å². The molecule has 0 aromatic heterocycles. The highest BCUT2D eigenvalue weighted by molar-refractivity contribution is 6.03. The quantitative estimate of drug-likeness (QED) is 0.286. The third-order valence-electron chi connectivity index (χ3n) is 5.98. The molecular formula is C26H26O3. The van der Waals surface area contributed by atoms with E-state index in [1.54, 1.807) is 6.92 Å². The molecule has 1 aliphatic rings. The van der Waals surface area contributed by atoms with E-state index in [4.69, 9.17) is 4.74 Å². The molecule has 29 heavy (non-hydrogen) atoms. The first-order valence-corrected chi connectivity index (χ1v) is 10.3. The minimum atomic E-state index is -0.635. The third kappa shape index (κ3) is 3.69. The largest absolute Gasteiger partial charge is 0.454 e. The Bertz CT molecular complexity index is 1050. The summed E-state index contributed by atoms with van der Waals surface area (Å²) in [5, 5.41) is 4.58. The molecule has 0 bridgehead atoms. The minimum Gasteiger partial charge on any atom is -0.454 e. The Morgan fingerprint density at radius 2 is 1.48 bits per heavy atom. The molecule has 0 unspecified atom stereocenters. The molecular weight excluding hydrogens is 360 g/mol. The van der Waals surface area contributed by atoms with Gasteiger partial charge in [-0.1, -0.05) is 55.1 Å². The second kappa shape index (κ2) is 7.82. The third-order valence-corrected chi connectivity index (χ3v) is 5.98. The first kappa shape index (κ1) is 19.4. The normalized spacial score (nSPS) is 15.5. The molecule has 0 radical (unpaired) electrons. The fourth-order valence-electron chi connectivity index (χ4n) is 4.55. The van der Waals surface area contributed by atoms with Gasteiger partial charge in [-0.05, 0) is 65.8 Å². The van der Waals surface area contributed by atoms with E-state index in [1.807, 2.05) is 24.3 Å². The lowest BCUT2D eigenvalue weighted by Crippen LogP contribution is -2.30. The van der Waals surface area contributed by atoms with Gasteiger partial charge in [0.25, 0.3) is 0 Å². The first-order valence-electron chi connectivity index (χ1n) is 10.3. The van der Waals surface area contributed by atoms with E-state index in [9.17, 15) is 9.59 Å². The van der Waals surface area contributed by atoms with Crippen LogP contribution in [0.15, 0.2) is 66.7 Å². The van der Waals surface area contributed by atoms with Gasteiger partial charge in [-0.15, -0.1) is 0 Å². The number of fused-ring (bicyclic) bond motifs is 2. The Balaban J connectivity index is 1.78. The van der Waals surface area contributed by atoms with E-state index >= 15 is 0 Å². The molecule has 3 aromatic carbocycles. The van der Waals surface area contributed by atoms with Gasteiger partial charge in [-0.3, -0.25) is 9.59 Å². The van der Waals surface area contributed by atoms with Crippen LogP contribution in [0.4, 0.5) is 0 Å². The maximum atomic E-state index is 12.8. The van der Waals surface area contributed by atoms with E-state index in [1.165, 1.54) is 0 Å². The molecule has 1 aliphatic carbocycles. The summed E-state index contributed by atoms with van der Waals surface area (Å²) in [4.78, 5) is 24.6. The van der Waals surface area contributed by atoms with Gasteiger partial charge in [0.05, 0.1) is 6.42 Å². The van der Waals surface area contributed by atoms with Crippen molar-refractivity contribution in [2.24, 2.45) is 0 Å². The zero-order chi connectivity index (χ0) is 20.4. The lowest BCUT2D eigenvalue weighted by atomic mass is 9.83. The SMILES string of the molecule is C=C(C)C(=O)CCC(=O)OC1(c2c3ccccc3cc3ccccc23)CCCC1. The molecule has 0 heterocycles. The van der Waals surface area contributed by atoms with Crippen molar-refractivity contribution in [2.75, 3.05) is 0 Å². The van der Waals surface area contributed by atoms with Gasteiger partial charge < -0.3 is 4.74 Å². The van der Waals surface area contributed by atoms with Crippen LogP contribution in [-0.4, -0.2) is 11.8 Å². The Morgan fingerprint density at radius 3 is 2.03 bits per heavy atom. The van der Waals surface area contributed by atoms with Crippen molar-refractivity contribution < 1.29 is 14.3 Å². The summed E-state index contributed by atoms with van der Waals surface area (Å²) in [6, 6.07) is 18.8. The molecule has 0 aliphatic heterocycles. The molecule has 4 rings (SSSR count). The standard InChI is InChI=1S/C26H26O3/c1-18(2)23(27)13-14-24(28)29-26(15-7-8-16-26)25-21-11-5-3-9-19(21)17-20-10-4-6-12-22(20)25/h3-6,9-12,17H,1,7-8,13-16H2,2H3. The Morgan fingerprint density at radius 1 is 0.931 bits per heavy atom. The molecule has 0 N–H and O–H groups in total. The van der Waals surface area contributed by atoms with Gasteiger partial charge in [-0.25, -0.2) is 0 Å². The first-order chi connectivity index (χ1) is 14.0. The van der Waals surface area contributed by atoms with Crippen molar-refractivity contribution >= 4 is 33.3 Å². The number of benzene rings is 3. The second-order valence-corrected chi connectivity index (χ2v) is 8.07. The summed E-state index contributed by atoms with van der Waals surface area (Å²) in [5.41, 5.74) is 0.959. The van der Waals surface area contributed by atoms with Crippen molar-refractivity contribution in [1.82, 2.24) is 0 Å². The number of carbonyl (C=O) groups excluding carboxylic acids is 2. The van der Waals surface area contributed by atoms with Crippen LogP contribution >= 0.6 is 0 Å². The zero-order valence-corrected chi connectivity index (χ0v) is 16.9. The van der Waals surface area contributed by atoms with E-state index < -0.39 is 5.60 Å². The number of hydrogen-bond acceptors (Lipinski definition) is 3. The highest BCUT2D eigenvalue weighted by Crippen LogP contribution is 2.48. The zero-order valence-electron chi connectivity index (χ0n) is 16.9. The fraction of sp³-hybridized carbons (Fsp3) is 0.308. The lowest BCUT2D eigenvalue weighted by molar-refractivity contribution is -0.161. The summed E-state index contributed by atoms with van der Waals surface area (Å²) in [6.07, 6.45) is 3.91. The average Bonchev–Trinajstić information content (AvgIpc) is 3.19. The lowest BCUT2D eigenvalue weighted by Gasteiger charge is -2.32. The minimum absolute atomic E-state index is 0.0852. The smallest absolute Gasteiger partial charge is 0.307 e. The number of hydrogen-bond donors (Lipinski definition) is 0. The molecule has 3 aromatic rings. The Kier molecular flexibility index (Phi) is 5.23. The predicted molar refractivity (Wildman–Crippen MR) is 117 cm³/mol. The van der Waals surface area contributed by atoms with Crippen LogP contribution in [0.25, 0.3) is 21.5 Å².